The van der Waals surface area contributed by atoms with Crippen LogP contribution in [0, 0.1) is 12.7 Å². The van der Waals surface area contributed by atoms with Gasteiger partial charge >= 0.3 is 6.09 Å². The first kappa shape index (κ1) is 30.0. The lowest BCUT2D eigenvalue weighted by atomic mass is 9.99. The van der Waals surface area contributed by atoms with E-state index in [2.05, 4.69) is 17.0 Å². The molecule has 10 heteroatoms. The molecule has 0 aliphatic carbocycles. The number of phenolic OH excluding ortho intramolecular Hbond substituents is 1. The molecule has 2 aliphatic rings. The molecule has 0 radical (unpaired) electrons. The molecule has 9 nitrogen and oxygen atoms in total. The Morgan fingerprint density at radius 3 is 2.61 bits per heavy atom. The Bertz CT molecular complexity index is 1650. The van der Waals surface area contributed by atoms with E-state index in [9.17, 15) is 9.90 Å². The third kappa shape index (κ3) is 6.27. The molecule has 2 fully saturated rings. The van der Waals surface area contributed by atoms with Crippen LogP contribution in [0.2, 0.25) is 0 Å². The Morgan fingerprint density at radius 1 is 1.11 bits per heavy atom. The van der Waals surface area contributed by atoms with Crippen molar-refractivity contribution in [3.63, 3.8) is 0 Å². The van der Waals surface area contributed by atoms with Crippen molar-refractivity contribution in [2.75, 3.05) is 26.2 Å². The summed E-state index contributed by atoms with van der Waals surface area (Å²) < 4.78 is 28.9. The van der Waals surface area contributed by atoms with Gasteiger partial charge in [0.2, 0.25) is 0 Å². The first-order chi connectivity index (χ1) is 21.1. The standard InChI is InChI=1S/C34H40FN5O4/c1-22-31-24(20-38-15-16-39(33(42)44-34(2,3)4)21-29(38)23-10-6-5-7-11-23)18-28(26-14-13-25(41)19-27(26)35)36-32(31)40(37-22)30-12-8-9-17-43-30/h5-7,10-11,13-14,18-19,29-30,41H,8-9,12,15-17,20-21H2,1-4H3. The number of ether oxygens (including phenoxy) is 2. The number of amides is 1. The highest BCUT2D eigenvalue weighted by molar-refractivity contribution is 5.85. The number of carbonyl (C=O) groups excluding carboxylic acids is 1. The number of piperazine rings is 1. The highest BCUT2D eigenvalue weighted by Gasteiger charge is 2.34. The van der Waals surface area contributed by atoms with E-state index in [0.717, 1.165) is 47.5 Å². The number of aromatic hydroxyl groups is 1. The van der Waals surface area contributed by atoms with Gasteiger partial charge in [-0.1, -0.05) is 30.3 Å². The number of hydrogen-bond donors (Lipinski definition) is 1. The number of aryl methyl sites for hydroxylation is 1. The van der Waals surface area contributed by atoms with Gasteiger partial charge in [-0.05, 0) is 76.3 Å². The number of fused-ring (bicyclic) bond motifs is 1. The van der Waals surface area contributed by atoms with Gasteiger partial charge in [0.05, 0.1) is 17.4 Å². The fourth-order valence-corrected chi connectivity index (χ4v) is 6.21. The fourth-order valence-electron chi connectivity index (χ4n) is 6.21. The number of halogens is 1. The Kier molecular flexibility index (Phi) is 8.30. The van der Waals surface area contributed by atoms with Crippen LogP contribution in [0.5, 0.6) is 5.75 Å². The highest BCUT2D eigenvalue weighted by atomic mass is 19.1. The van der Waals surface area contributed by atoms with Crippen LogP contribution in [0.1, 0.15) is 69.1 Å². The van der Waals surface area contributed by atoms with E-state index in [4.69, 9.17) is 19.6 Å². The van der Waals surface area contributed by atoms with E-state index in [1.165, 1.54) is 6.07 Å². The summed E-state index contributed by atoms with van der Waals surface area (Å²) in [6.07, 6.45) is 2.31. The molecule has 2 aromatic heterocycles. The van der Waals surface area contributed by atoms with Crippen molar-refractivity contribution in [2.24, 2.45) is 0 Å². The van der Waals surface area contributed by atoms with Gasteiger partial charge in [-0.2, -0.15) is 5.10 Å². The molecule has 2 aromatic carbocycles. The molecule has 2 aliphatic heterocycles. The van der Waals surface area contributed by atoms with Gasteiger partial charge in [0, 0.05) is 49.8 Å². The summed E-state index contributed by atoms with van der Waals surface area (Å²) >= 11 is 0. The molecule has 44 heavy (non-hydrogen) atoms. The van der Waals surface area contributed by atoms with E-state index >= 15 is 4.39 Å². The number of nitrogens with zero attached hydrogens (tertiary/aromatic N) is 5. The van der Waals surface area contributed by atoms with Gasteiger partial charge in [0.25, 0.3) is 0 Å². The molecule has 0 spiro atoms. The summed E-state index contributed by atoms with van der Waals surface area (Å²) in [5.41, 5.74) is 3.72. The third-order valence-corrected chi connectivity index (χ3v) is 8.28. The molecular formula is C34H40FN5O4. The average molecular weight is 602 g/mol. The first-order valence-corrected chi connectivity index (χ1v) is 15.3. The molecular weight excluding hydrogens is 561 g/mol. The van der Waals surface area contributed by atoms with Crippen LogP contribution in [0.25, 0.3) is 22.3 Å². The SMILES string of the molecule is Cc1nn(C2CCCCO2)c2nc(-c3ccc(O)cc3F)cc(CN3CCN(C(=O)OC(C)(C)C)CC3c3ccccc3)c12. The van der Waals surface area contributed by atoms with Gasteiger partial charge in [-0.3, -0.25) is 4.90 Å². The second-order valence-corrected chi connectivity index (χ2v) is 12.7. The zero-order valence-electron chi connectivity index (χ0n) is 25.8. The summed E-state index contributed by atoms with van der Waals surface area (Å²) in [7, 11) is 0. The largest absolute Gasteiger partial charge is 0.508 e. The molecule has 4 heterocycles. The van der Waals surface area contributed by atoms with Gasteiger partial charge in [-0.25, -0.2) is 18.9 Å². The molecule has 1 N–H and O–H groups in total. The minimum Gasteiger partial charge on any atom is -0.508 e. The van der Waals surface area contributed by atoms with Crippen molar-refractivity contribution in [2.45, 2.75) is 71.4 Å². The Labute approximate surface area is 257 Å². The molecule has 232 valence electrons. The van der Waals surface area contributed by atoms with Crippen LogP contribution < -0.4 is 0 Å². The summed E-state index contributed by atoms with van der Waals surface area (Å²) in [4.78, 5) is 22.2. The number of pyridine rings is 1. The predicted octanol–water partition coefficient (Wildman–Crippen LogP) is 6.74. The highest BCUT2D eigenvalue weighted by Crippen LogP contribution is 2.35. The van der Waals surface area contributed by atoms with E-state index in [1.807, 2.05) is 56.6 Å². The maximum atomic E-state index is 15.2. The molecule has 2 unspecified atom stereocenters. The smallest absolute Gasteiger partial charge is 0.410 e. The number of phenols is 1. The van der Waals surface area contributed by atoms with E-state index in [0.29, 0.717) is 49.7 Å². The normalized spacial score (nSPS) is 19.8. The number of hydrogen-bond acceptors (Lipinski definition) is 7. The number of rotatable bonds is 5. The predicted molar refractivity (Wildman–Crippen MR) is 166 cm³/mol. The molecule has 0 saturated carbocycles. The lowest BCUT2D eigenvalue weighted by Gasteiger charge is -2.42. The minimum atomic E-state index is -0.585. The van der Waals surface area contributed by atoms with Crippen molar-refractivity contribution >= 4 is 17.1 Å². The van der Waals surface area contributed by atoms with Crippen LogP contribution in [0.4, 0.5) is 9.18 Å². The molecule has 2 saturated heterocycles. The van der Waals surface area contributed by atoms with Gasteiger partial charge in [-0.15, -0.1) is 0 Å². The summed E-state index contributed by atoms with van der Waals surface area (Å²) in [6.45, 7) is 10.4. The molecule has 1 amide bonds. The van der Waals surface area contributed by atoms with Crippen LogP contribution in [0.3, 0.4) is 0 Å². The van der Waals surface area contributed by atoms with E-state index in [1.54, 1.807) is 11.0 Å². The van der Waals surface area contributed by atoms with Gasteiger partial charge < -0.3 is 19.5 Å². The average Bonchev–Trinajstić information content (AvgIpc) is 3.33. The van der Waals surface area contributed by atoms with Crippen LogP contribution in [-0.2, 0) is 16.0 Å². The summed E-state index contributed by atoms with van der Waals surface area (Å²) in [5.74, 6) is -0.690. The molecule has 6 rings (SSSR count). The molecule has 0 bridgehead atoms. The topological polar surface area (TPSA) is 93.0 Å². The Morgan fingerprint density at radius 2 is 1.91 bits per heavy atom. The van der Waals surface area contributed by atoms with Crippen molar-refractivity contribution in [1.29, 1.82) is 0 Å². The van der Waals surface area contributed by atoms with E-state index < -0.39 is 11.4 Å². The van der Waals surface area contributed by atoms with Crippen LogP contribution in [0.15, 0.2) is 54.6 Å². The first-order valence-electron chi connectivity index (χ1n) is 15.3. The van der Waals surface area contributed by atoms with Crippen LogP contribution in [-0.4, -0.2) is 67.6 Å². The lowest BCUT2D eigenvalue weighted by molar-refractivity contribution is -0.0371. The van der Waals surface area contributed by atoms with Crippen molar-refractivity contribution < 1.29 is 23.8 Å². The Hall–Kier alpha value is -4.02. The molecule has 4 aromatic rings. The maximum Gasteiger partial charge on any atom is 0.410 e. The summed E-state index contributed by atoms with van der Waals surface area (Å²) in [5, 5.41) is 15.7. The Balaban J connectivity index is 1.42. The zero-order valence-corrected chi connectivity index (χ0v) is 25.8. The summed E-state index contributed by atoms with van der Waals surface area (Å²) in [6, 6.07) is 16.1. The monoisotopic (exact) mass is 601 g/mol. The van der Waals surface area contributed by atoms with Crippen molar-refractivity contribution in [1.82, 2.24) is 24.6 Å². The maximum absolute atomic E-state index is 15.2. The third-order valence-electron chi connectivity index (χ3n) is 8.28. The van der Waals surface area contributed by atoms with Gasteiger partial charge in [0.1, 0.15) is 17.2 Å². The van der Waals surface area contributed by atoms with E-state index in [-0.39, 0.29) is 24.1 Å². The second kappa shape index (κ2) is 12.2. The van der Waals surface area contributed by atoms with Gasteiger partial charge in [0.15, 0.2) is 11.9 Å². The second-order valence-electron chi connectivity index (χ2n) is 12.7. The minimum absolute atomic E-state index is 0.0911. The molecule has 2 atom stereocenters. The quantitative estimate of drug-likeness (QED) is 0.271. The number of carbonyl (C=O) groups is 1. The lowest BCUT2D eigenvalue weighted by Crippen LogP contribution is -2.51. The number of benzene rings is 2. The number of aromatic nitrogens is 3. The van der Waals surface area contributed by atoms with Crippen molar-refractivity contribution in [3.05, 3.63) is 77.2 Å². The zero-order chi connectivity index (χ0) is 31.0. The van der Waals surface area contributed by atoms with Crippen molar-refractivity contribution in [3.8, 4) is 17.0 Å². The van der Waals surface area contributed by atoms with Crippen LogP contribution >= 0.6 is 0 Å². The fraction of sp³-hybridized carbons (Fsp3) is 0.441.